The Kier molecular flexibility index (Phi) is 2.66. The summed E-state index contributed by atoms with van der Waals surface area (Å²) in [6, 6.07) is -0.348. The molecule has 0 spiro atoms. The van der Waals surface area contributed by atoms with E-state index in [4.69, 9.17) is 5.73 Å². The number of aromatic nitrogens is 2. The maximum atomic E-state index is 12.0. The number of nitrogens with two attached hydrogens (primary N) is 1. The third-order valence-electron chi connectivity index (χ3n) is 2.63. The van der Waals surface area contributed by atoms with E-state index in [1.807, 2.05) is 6.92 Å². The van der Waals surface area contributed by atoms with E-state index in [1.165, 1.54) is 15.9 Å². The van der Waals surface area contributed by atoms with Gasteiger partial charge in [-0.25, -0.2) is 14.8 Å². The van der Waals surface area contributed by atoms with E-state index in [0.717, 1.165) is 5.71 Å². The zero-order chi connectivity index (χ0) is 12.6. The molecule has 17 heavy (non-hydrogen) atoms. The number of carbonyl (C=O) groups excluding carboxylic acids is 2. The molecule has 0 bridgehead atoms. The van der Waals surface area contributed by atoms with Gasteiger partial charge in [-0.3, -0.25) is 9.36 Å². The molecule has 1 aliphatic heterocycles. The molecule has 0 aromatic carbocycles. The van der Waals surface area contributed by atoms with Gasteiger partial charge in [-0.05, 0) is 19.8 Å². The monoisotopic (exact) mass is 235 g/mol. The number of hydrazone groups is 1. The maximum Gasteiger partial charge on any atom is 0.349 e. The highest BCUT2D eigenvalue weighted by Gasteiger charge is 2.23. The standard InChI is InChI=1S/C10H13N5O2/c1-6-3-4-7-8(9(11)16)12-5-15(7)10(17)14(2)13-6/h5H,3-4H2,1-2H3,(H2,11,16). The Morgan fingerprint density at radius 2 is 2.18 bits per heavy atom. The molecule has 0 unspecified atom stereocenters. The lowest BCUT2D eigenvalue weighted by molar-refractivity contribution is 0.0995. The van der Waals surface area contributed by atoms with Crippen molar-refractivity contribution >= 4 is 17.6 Å². The first-order chi connectivity index (χ1) is 8.00. The minimum absolute atomic E-state index is 0.154. The van der Waals surface area contributed by atoms with Gasteiger partial charge in [-0.15, -0.1) is 0 Å². The quantitative estimate of drug-likeness (QED) is 0.753. The van der Waals surface area contributed by atoms with Crippen molar-refractivity contribution in [2.45, 2.75) is 19.8 Å². The van der Waals surface area contributed by atoms with E-state index in [0.29, 0.717) is 18.5 Å². The van der Waals surface area contributed by atoms with Crippen LogP contribution in [0.5, 0.6) is 0 Å². The lowest BCUT2D eigenvalue weighted by atomic mass is 10.1. The average molecular weight is 235 g/mol. The van der Waals surface area contributed by atoms with Crippen molar-refractivity contribution in [3.63, 3.8) is 0 Å². The summed E-state index contributed by atoms with van der Waals surface area (Å²) in [6.07, 6.45) is 2.49. The summed E-state index contributed by atoms with van der Waals surface area (Å²) in [7, 11) is 1.56. The van der Waals surface area contributed by atoms with Gasteiger partial charge >= 0.3 is 6.03 Å². The summed E-state index contributed by atoms with van der Waals surface area (Å²) < 4.78 is 1.32. The topological polar surface area (TPSA) is 93.6 Å². The number of hydrogen-bond donors (Lipinski definition) is 1. The minimum atomic E-state index is -0.621. The summed E-state index contributed by atoms with van der Waals surface area (Å²) in [6.45, 7) is 1.83. The lowest BCUT2D eigenvalue weighted by Crippen LogP contribution is -2.31. The van der Waals surface area contributed by atoms with Crippen LogP contribution < -0.4 is 5.73 Å². The smallest absolute Gasteiger partial charge is 0.349 e. The SMILES string of the molecule is CC1=NN(C)C(=O)n2cnc(C(N)=O)c2CC1. The number of amides is 2. The predicted molar refractivity (Wildman–Crippen MR) is 60.7 cm³/mol. The molecule has 1 aromatic rings. The van der Waals surface area contributed by atoms with Crippen molar-refractivity contribution in [2.75, 3.05) is 7.05 Å². The summed E-state index contributed by atoms with van der Waals surface area (Å²) in [5, 5.41) is 5.33. The second-order valence-corrected chi connectivity index (χ2v) is 3.92. The predicted octanol–water partition coefficient (Wildman–Crippen LogP) is 0.204. The van der Waals surface area contributed by atoms with Gasteiger partial charge in [-0.1, -0.05) is 0 Å². The zero-order valence-corrected chi connectivity index (χ0v) is 9.67. The van der Waals surface area contributed by atoms with Gasteiger partial charge in [0.15, 0.2) is 0 Å². The van der Waals surface area contributed by atoms with Crippen molar-refractivity contribution < 1.29 is 9.59 Å². The average Bonchev–Trinajstić information content (AvgIpc) is 2.67. The molecule has 90 valence electrons. The number of primary amides is 1. The number of rotatable bonds is 1. The Hall–Kier alpha value is -2.18. The Labute approximate surface area is 97.9 Å². The molecule has 2 heterocycles. The zero-order valence-electron chi connectivity index (χ0n) is 9.67. The molecular weight excluding hydrogens is 222 g/mol. The third-order valence-corrected chi connectivity index (χ3v) is 2.63. The van der Waals surface area contributed by atoms with Crippen molar-refractivity contribution in [3.8, 4) is 0 Å². The molecule has 2 N–H and O–H groups in total. The molecule has 1 aromatic heterocycles. The molecular formula is C10H13N5O2. The van der Waals surface area contributed by atoms with Crippen molar-refractivity contribution in [1.82, 2.24) is 14.6 Å². The van der Waals surface area contributed by atoms with Crippen LogP contribution in [-0.4, -0.2) is 39.3 Å². The summed E-state index contributed by atoms with van der Waals surface area (Å²) in [4.78, 5) is 27.0. The molecule has 0 saturated heterocycles. The van der Waals surface area contributed by atoms with Gasteiger partial charge in [0, 0.05) is 12.8 Å². The molecule has 7 heteroatoms. The maximum absolute atomic E-state index is 12.0. The molecule has 0 fully saturated rings. The van der Waals surface area contributed by atoms with E-state index in [2.05, 4.69) is 10.1 Å². The molecule has 2 rings (SSSR count). The van der Waals surface area contributed by atoms with Crippen LogP contribution in [0.25, 0.3) is 0 Å². The van der Waals surface area contributed by atoms with E-state index in [9.17, 15) is 9.59 Å². The minimum Gasteiger partial charge on any atom is -0.364 e. The molecule has 7 nitrogen and oxygen atoms in total. The Bertz CT molecular complexity index is 517. The van der Waals surface area contributed by atoms with Crippen LogP contribution >= 0.6 is 0 Å². The fraction of sp³-hybridized carbons (Fsp3) is 0.400. The van der Waals surface area contributed by atoms with Gasteiger partial charge < -0.3 is 5.73 Å². The number of carbonyl (C=O) groups is 2. The second-order valence-electron chi connectivity index (χ2n) is 3.92. The molecule has 1 aliphatic rings. The van der Waals surface area contributed by atoms with Crippen LogP contribution in [0.4, 0.5) is 4.79 Å². The Balaban J connectivity index is 2.51. The number of imidazole rings is 1. The van der Waals surface area contributed by atoms with Crippen molar-refractivity contribution in [3.05, 3.63) is 17.7 Å². The van der Waals surface area contributed by atoms with Crippen LogP contribution in [0.15, 0.2) is 11.4 Å². The molecule has 0 atom stereocenters. The highest BCUT2D eigenvalue weighted by molar-refractivity contribution is 5.94. The van der Waals surface area contributed by atoms with Crippen molar-refractivity contribution in [2.24, 2.45) is 10.8 Å². The van der Waals surface area contributed by atoms with Crippen LogP contribution in [0.1, 0.15) is 29.5 Å². The first-order valence-corrected chi connectivity index (χ1v) is 5.19. The molecule has 0 saturated carbocycles. The van der Waals surface area contributed by atoms with E-state index >= 15 is 0 Å². The van der Waals surface area contributed by atoms with Crippen LogP contribution in [-0.2, 0) is 6.42 Å². The fourth-order valence-electron chi connectivity index (χ4n) is 1.79. The van der Waals surface area contributed by atoms with E-state index in [1.54, 1.807) is 7.05 Å². The number of fused-ring (bicyclic) bond motifs is 1. The van der Waals surface area contributed by atoms with Gasteiger partial charge in [-0.2, -0.15) is 5.10 Å². The van der Waals surface area contributed by atoms with Crippen LogP contribution in [0, 0.1) is 0 Å². The van der Waals surface area contributed by atoms with Crippen LogP contribution in [0.2, 0.25) is 0 Å². The largest absolute Gasteiger partial charge is 0.364 e. The van der Waals surface area contributed by atoms with Gasteiger partial charge in [0.25, 0.3) is 5.91 Å². The molecule has 0 radical (unpaired) electrons. The number of hydrogen-bond acceptors (Lipinski definition) is 4. The fourth-order valence-corrected chi connectivity index (χ4v) is 1.79. The number of nitrogens with zero attached hydrogens (tertiary/aromatic N) is 4. The second kappa shape index (κ2) is 4.00. The van der Waals surface area contributed by atoms with Crippen molar-refractivity contribution in [1.29, 1.82) is 0 Å². The highest BCUT2D eigenvalue weighted by Crippen LogP contribution is 2.14. The highest BCUT2D eigenvalue weighted by atomic mass is 16.2. The lowest BCUT2D eigenvalue weighted by Gasteiger charge is -2.18. The summed E-state index contributed by atoms with van der Waals surface area (Å²) in [5.74, 6) is -0.621. The van der Waals surface area contributed by atoms with E-state index < -0.39 is 5.91 Å². The van der Waals surface area contributed by atoms with Gasteiger partial charge in [0.05, 0.1) is 5.69 Å². The summed E-state index contributed by atoms with van der Waals surface area (Å²) in [5.41, 5.74) is 6.74. The van der Waals surface area contributed by atoms with Crippen LogP contribution in [0.3, 0.4) is 0 Å². The third kappa shape index (κ3) is 1.91. The first kappa shape index (κ1) is 11.3. The van der Waals surface area contributed by atoms with E-state index in [-0.39, 0.29) is 11.7 Å². The normalized spacial score (nSPS) is 16.0. The summed E-state index contributed by atoms with van der Waals surface area (Å²) >= 11 is 0. The Morgan fingerprint density at radius 3 is 2.82 bits per heavy atom. The molecule has 0 aliphatic carbocycles. The van der Waals surface area contributed by atoms with Gasteiger partial charge in [0.1, 0.15) is 12.0 Å². The molecule has 2 amide bonds. The van der Waals surface area contributed by atoms with Gasteiger partial charge in [0.2, 0.25) is 0 Å². The first-order valence-electron chi connectivity index (χ1n) is 5.19. The Morgan fingerprint density at radius 1 is 1.47 bits per heavy atom.